The summed E-state index contributed by atoms with van der Waals surface area (Å²) in [7, 11) is 0. The molecule has 112 valence electrons. The number of likely N-dealkylation sites (tertiary alicyclic amines) is 1. The van der Waals surface area contributed by atoms with Gasteiger partial charge in [-0.15, -0.1) is 0 Å². The fourth-order valence-corrected chi connectivity index (χ4v) is 3.42. The summed E-state index contributed by atoms with van der Waals surface area (Å²) < 4.78 is 1.14. The standard InChI is InChI=1S/C18H23BrN2/c19-18-7-6-16-12-15(4-5-17(16)13-18)14-20-8-3-11-21-9-1-2-10-21/h4-7,12-13,20H,1-3,8-11,14H2. The van der Waals surface area contributed by atoms with Gasteiger partial charge in [-0.2, -0.15) is 0 Å². The maximum absolute atomic E-state index is 3.57. The van der Waals surface area contributed by atoms with Crippen molar-refractivity contribution in [3.8, 4) is 0 Å². The van der Waals surface area contributed by atoms with Crippen LogP contribution in [-0.2, 0) is 6.54 Å². The van der Waals surface area contributed by atoms with Gasteiger partial charge >= 0.3 is 0 Å². The van der Waals surface area contributed by atoms with Crippen LogP contribution < -0.4 is 5.32 Å². The second-order valence-electron chi connectivity index (χ2n) is 5.90. The summed E-state index contributed by atoms with van der Waals surface area (Å²) in [6, 6.07) is 13.2. The first-order valence-corrected chi connectivity index (χ1v) is 8.72. The van der Waals surface area contributed by atoms with E-state index in [1.807, 2.05) is 0 Å². The summed E-state index contributed by atoms with van der Waals surface area (Å²) >= 11 is 3.52. The lowest BCUT2D eigenvalue weighted by Crippen LogP contribution is -2.24. The molecule has 0 aliphatic carbocycles. The largest absolute Gasteiger partial charge is 0.313 e. The van der Waals surface area contributed by atoms with Gasteiger partial charge in [-0.05, 0) is 80.0 Å². The monoisotopic (exact) mass is 346 g/mol. The molecule has 3 rings (SSSR count). The number of hydrogen-bond donors (Lipinski definition) is 1. The van der Waals surface area contributed by atoms with Crippen LogP contribution >= 0.6 is 15.9 Å². The second-order valence-corrected chi connectivity index (χ2v) is 6.82. The molecule has 0 spiro atoms. The van der Waals surface area contributed by atoms with E-state index in [4.69, 9.17) is 0 Å². The molecule has 1 N–H and O–H groups in total. The number of hydrogen-bond acceptors (Lipinski definition) is 2. The minimum absolute atomic E-state index is 0.964. The van der Waals surface area contributed by atoms with E-state index in [2.05, 4.69) is 62.5 Å². The van der Waals surface area contributed by atoms with Gasteiger partial charge in [0.15, 0.2) is 0 Å². The van der Waals surface area contributed by atoms with Crippen molar-refractivity contribution in [2.45, 2.75) is 25.8 Å². The fourth-order valence-electron chi connectivity index (χ4n) is 3.04. The molecule has 0 bridgehead atoms. The molecule has 3 heteroatoms. The molecule has 2 aromatic carbocycles. The summed E-state index contributed by atoms with van der Waals surface area (Å²) in [5, 5.41) is 6.17. The number of rotatable bonds is 6. The van der Waals surface area contributed by atoms with E-state index < -0.39 is 0 Å². The van der Waals surface area contributed by atoms with Gasteiger partial charge in [0, 0.05) is 11.0 Å². The number of benzene rings is 2. The van der Waals surface area contributed by atoms with Gasteiger partial charge in [0.25, 0.3) is 0 Å². The highest BCUT2D eigenvalue weighted by atomic mass is 79.9. The molecule has 1 aliphatic rings. The van der Waals surface area contributed by atoms with Crippen LogP contribution in [0.2, 0.25) is 0 Å². The number of nitrogens with zero attached hydrogens (tertiary/aromatic N) is 1. The Kier molecular flexibility index (Phi) is 5.28. The molecule has 1 aliphatic heterocycles. The summed E-state index contributed by atoms with van der Waals surface area (Å²) in [6.07, 6.45) is 4.03. The van der Waals surface area contributed by atoms with E-state index in [-0.39, 0.29) is 0 Å². The molecule has 0 saturated carbocycles. The average molecular weight is 347 g/mol. The van der Waals surface area contributed by atoms with Crippen LogP contribution in [0.15, 0.2) is 40.9 Å². The number of nitrogens with one attached hydrogen (secondary N) is 1. The number of fused-ring (bicyclic) bond motifs is 1. The Balaban J connectivity index is 1.45. The van der Waals surface area contributed by atoms with Gasteiger partial charge in [-0.1, -0.05) is 34.1 Å². The zero-order valence-corrected chi connectivity index (χ0v) is 14.0. The van der Waals surface area contributed by atoms with E-state index in [1.165, 1.54) is 55.2 Å². The summed E-state index contributed by atoms with van der Waals surface area (Å²) in [4.78, 5) is 2.58. The molecule has 0 amide bonds. The van der Waals surface area contributed by atoms with Crippen LogP contribution in [-0.4, -0.2) is 31.1 Å². The van der Waals surface area contributed by atoms with Crippen molar-refractivity contribution in [1.29, 1.82) is 0 Å². The van der Waals surface area contributed by atoms with Gasteiger partial charge in [0.1, 0.15) is 0 Å². The minimum atomic E-state index is 0.964. The maximum Gasteiger partial charge on any atom is 0.0205 e. The maximum atomic E-state index is 3.57. The van der Waals surface area contributed by atoms with Crippen LogP contribution in [0.5, 0.6) is 0 Å². The molecule has 1 saturated heterocycles. The van der Waals surface area contributed by atoms with Crippen molar-refractivity contribution >= 4 is 26.7 Å². The van der Waals surface area contributed by atoms with Crippen molar-refractivity contribution < 1.29 is 0 Å². The Morgan fingerprint density at radius 2 is 1.76 bits per heavy atom. The molecule has 1 heterocycles. The van der Waals surface area contributed by atoms with Gasteiger partial charge in [-0.3, -0.25) is 0 Å². The molecule has 2 aromatic rings. The Morgan fingerprint density at radius 1 is 1.00 bits per heavy atom. The number of halogens is 1. The first-order valence-electron chi connectivity index (χ1n) is 7.92. The highest BCUT2D eigenvalue weighted by molar-refractivity contribution is 9.10. The van der Waals surface area contributed by atoms with Gasteiger partial charge in [0.05, 0.1) is 0 Å². The van der Waals surface area contributed by atoms with Crippen molar-refractivity contribution in [3.63, 3.8) is 0 Å². The molecular weight excluding hydrogens is 324 g/mol. The normalized spacial score (nSPS) is 15.9. The lowest BCUT2D eigenvalue weighted by atomic mass is 10.1. The second kappa shape index (κ2) is 7.39. The molecule has 0 aromatic heterocycles. The van der Waals surface area contributed by atoms with E-state index >= 15 is 0 Å². The van der Waals surface area contributed by atoms with Crippen molar-refractivity contribution in [2.75, 3.05) is 26.2 Å². The van der Waals surface area contributed by atoms with E-state index in [0.29, 0.717) is 0 Å². The Hall–Kier alpha value is -0.900. The lowest BCUT2D eigenvalue weighted by molar-refractivity contribution is 0.331. The predicted octanol–water partition coefficient (Wildman–Crippen LogP) is 4.18. The van der Waals surface area contributed by atoms with Crippen LogP contribution in [0, 0.1) is 0 Å². The molecular formula is C18H23BrN2. The van der Waals surface area contributed by atoms with Crippen LogP contribution in [0.25, 0.3) is 10.8 Å². The van der Waals surface area contributed by atoms with Crippen molar-refractivity contribution in [1.82, 2.24) is 10.2 Å². The fraction of sp³-hybridized carbons (Fsp3) is 0.444. The van der Waals surface area contributed by atoms with E-state index in [9.17, 15) is 0 Å². The van der Waals surface area contributed by atoms with Crippen LogP contribution in [0.4, 0.5) is 0 Å². The molecule has 0 radical (unpaired) electrons. The molecule has 1 fully saturated rings. The van der Waals surface area contributed by atoms with Crippen LogP contribution in [0.3, 0.4) is 0 Å². The quantitative estimate of drug-likeness (QED) is 0.789. The topological polar surface area (TPSA) is 15.3 Å². The van der Waals surface area contributed by atoms with Gasteiger partial charge in [0.2, 0.25) is 0 Å². The molecule has 0 unspecified atom stereocenters. The third-order valence-electron chi connectivity index (χ3n) is 4.22. The zero-order chi connectivity index (χ0) is 14.5. The van der Waals surface area contributed by atoms with Crippen LogP contribution in [0.1, 0.15) is 24.8 Å². The Labute approximate surface area is 135 Å². The van der Waals surface area contributed by atoms with Gasteiger partial charge < -0.3 is 10.2 Å². The SMILES string of the molecule is Brc1ccc2cc(CNCCCN3CCCC3)ccc2c1. The Morgan fingerprint density at radius 3 is 2.62 bits per heavy atom. The zero-order valence-electron chi connectivity index (χ0n) is 12.4. The smallest absolute Gasteiger partial charge is 0.0205 e. The van der Waals surface area contributed by atoms with Crippen molar-refractivity contribution in [3.05, 3.63) is 46.4 Å². The Bertz CT molecular complexity index is 591. The molecule has 2 nitrogen and oxygen atoms in total. The highest BCUT2D eigenvalue weighted by Crippen LogP contribution is 2.20. The predicted molar refractivity (Wildman–Crippen MR) is 93.6 cm³/mol. The minimum Gasteiger partial charge on any atom is -0.313 e. The first kappa shape index (κ1) is 15.0. The third-order valence-corrected chi connectivity index (χ3v) is 4.72. The van der Waals surface area contributed by atoms with E-state index in [0.717, 1.165) is 17.6 Å². The lowest BCUT2D eigenvalue weighted by Gasteiger charge is -2.14. The molecule has 0 atom stereocenters. The molecule has 21 heavy (non-hydrogen) atoms. The highest BCUT2D eigenvalue weighted by Gasteiger charge is 2.09. The third kappa shape index (κ3) is 4.29. The van der Waals surface area contributed by atoms with Crippen molar-refractivity contribution in [2.24, 2.45) is 0 Å². The average Bonchev–Trinajstić information content (AvgIpc) is 3.00. The van der Waals surface area contributed by atoms with E-state index in [1.54, 1.807) is 0 Å². The summed E-state index contributed by atoms with van der Waals surface area (Å²) in [5.74, 6) is 0. The van der Waals surface area contributed by atoms with Gasteiger partial charge in [-0.25, -0.2) is 0 Å². The first-order chi connectivity index (χ1) is 10.3. The summed E-state index contributed by atoms with van der Waals surface area (Å²) in [6.45, 7) is 5.93. The summed E-state index contributed by atoms with van der Waals surface area (Å²) in [5.41, 5.74) is 1.37.